The van der Waals surface area contributed by atoms with Crippen LogP contribution in [0, 0.1) is 11.3 Å². The Hall–Kier alpha value is -0.590. The van der Waals surface area contributed by atoms with Gasteiger partial charge < -0.3 is 5.11 Å². The van der Waals surface area contributed by atoms with E-state index in [1.54, 1.807) is 0 Å². The number of hydrogen-bond acceptors (Lipinski definition) is 3. The third kappa shape index (κ3) is 2.97. The van der Waals surface area contributed by atoms with Crippen LogP contribution < -0.4 is 0 Å². The molecule has 1 fully saturated rings. The number of nitrogens with zero attached hydrogens (tertiary/aromatic N) is 2. The summed E-state index contributed by atoms with van der Waals surface area (Å²) >= 11 is 0. The van der Waals surface area contributed by atoms with E-state index in [0.29, 0.717) is 6.54 Å². The molecule has 0 amide bonds. The first-order chi connectivity index (χ1) is 6.79. The van der Waals surface area contributed by atoms with E-state index in [9.17, 15) is 5.11 Å². The van der Waals surface area contributed by atoms with Crippen LogP contribution in [0.25, 0.3) is 0 Å². The van der Waals surface area contributed by atoms with Gasteiger partial charge in [0.25, 0.3) is 0 Å². The van der Waals surface area contributed by atoms with E-state index in [1.165, 1.54) is 6.42 Å². The molecule has 3 heteroatoms. The molecule has 1 rings (SSSR count). The van der Waals surface area contributed by atoms with E-state index in [-0.39, 0.29) is 12.1 Å². The Labute approximate surface area is 86.3 Å². The highest BCUT2D eigenvalue weighted by Gasteiger charge is 2.27. The maximum absolute atomic E-state index is 9.84. The smallest absolute Gasteiger partial charge is 0.0869 e. The third-order valence-electron chi connectivity index (χ3n) is 2.95. The van der Waals surface area contributed by atoms with Crippen molar-refractivity contribution in [1.82, 2.24) is 4.90 Å². The molecule has 1 N–H and O–H groups in total. The lowest BCUT2D eigenvalue weighted by molar-refractivity contribution is 0.0260. The van der Waals surface area contributed by atoms with E-state index in [2.05, 4.69) is 17.9 Å². The number of aliphatic hydroxyl groups excluding tert-OH is 1. The summed E-state index contributed by atoms with van der Waals surface area (Å²) in [5.41, 5.74) is 0. The first-order valence-electron chi connectivity index (χ1n) is 5.58. The van der Waals surface area contributed by atoms with E-state index in [1.807, 2.05) is 0 Å². The normalized spacial score (nSPS) is 27.6. The molecule has 0 bridgehead atoms. The van der Waals surface area contributed by atoms with Gasteiger partial charge in [0.05, 0.1) is 18.7 Å². The quantitative estimate of drug-likeness (QED) is 0.694. The predicted molar refractivity (Wildman–Crippen MR) is 55.7 cm³/mol. The van der Waals surface area contributed by atoms with Gasteiger partial charge in [-0.3, -0.25) is 4.90 Å². The van der Waals surface area contributed by atoms with Crippen LogP contribution in [0.4, 0.5) is 0 Å². The minimum atomic E-state index is -0.219. The first-order valence-corrected chi connectivity index (χ1v) is 5.58. The van der Waals surface area contributed by atoms with Crippen molar-refractivity contribution in [3.05, 3.63) is 0 Å². The molecule has 0 aromatic carbocycles. The van der Waals surface area contributed by atoms with E-state index >= 15 is 0 Å². The van der Waals surface area contributed by atoms with Crippen molar-refractivity contribution < 1.29 is 5.11 Å². The average molecular weight is 196 g/mol. The molecule has 0 spiro atoms. The molecule has 3 nitrogen and oxygen atoms in total. The Morgan fingerprint density at radius 1 is 1.43 bits per heavy atom. The lowest BCUT2D eigenvalue weighted by atomic mass is 9.91. The van der Waals surface area contributed by atoms with Crippen LogP contribution in [-0.2, 0) is 0 Å². The second-order valence-corrected chi connectivity index (χ2v) is 4.05. The zero-order chi connectivity index (χ0) is 10.4. The summed E-state index contributed by atoms with van der Waals surface area (Å²) in [4.78, 5) is 2.13. The molecule has 0 aliphatic heterocycles. The Balaban J connectivity index is 2.51. The molecule has 0 radical (unpaired) electrons. The minimum absolute atomic E-state index is 0.219. The van der Waals surface area contributed by atoms with Crippen molar-refractivity contribution in [2.75, 3.05) is 13.1 Å². The van der Waals surface area contributed by atoms with Gasteiger partial charge in [-0.05, 0) is 25.8 Å². The molecule has 0 saturated heterocycles. The largest absolute Gasteiger partial charge is 0.391 e. The lowest BCUT2D eigenvalue weighted by Crippen LogP contribution is -2.45. The molecular formula is C11H20N2O. The van der Waals surface area contributed by atoms with Crippen LogP contribution in [0.1, 0.15) is 39.0 Å². The standard InChI is InChI=1S/C11H20N2O/c1-2-8-13(9-7-12)10-5-3-4-6-11(10)14/h10-11,14H,2-6,8-9H2,1H3. The first kappa shape index (κ1) is 11.5. The minimum Gasteiger partial charge on any atom is -0.391 e. The maximum Gasteiger partial charge on any atom is 0.0869 e. The van der Waals surface area contributed by atoms with Gasteiger partial charge in [-0.25, -0.2) is 0 Å². The monoisotopic (exact) mass is 196 g/mol. The number of rotatable bonds is 4. The second-order valence-electron chi connectivity index (χ2n) is 4.05. The lowest BCUT2D eigenvalue weighted by Gasteiger charge is -2.36. The van der Waals surface area contributed by atoms with Crippen LogP contribution >= 0.6 is 0 Å². The SMILES string of the molecule is CCCN(CC#N)C1CCCCC1O. The number of hydrogen-bond donors (Lipinski definition) is 1. The summed E-state index contributed by atoms with van der Waals surface area (Å²) in [5.74, 6) is 0. The molecule has 80 valence electrons. The molecule has 0 aromatic heterocycles. The zero-order valence-electron chi connectivity index (χ0n) is 8.95. The average Bonchev–Trinajstić information content (AvgIpc) is 2.18. The van der Waals surface area contributed by atoms with Crippen molar-refractivity contribution in [3.63, 3.8) is 0 Å². The van der Waals surface area contributed by atoms with Crippen LogP contribution in [0.3, 0.4) is 0 Å². The molecule has 1 aliphatic rings. The molecule has 1 aliphatic carbocycles. The van der Waals surface area contributed by atoms with Gasteiger partial charge in [0.15, 0.2) is 0 Å². The Morgan fingerprint density at radius 2 is 2.14 bits per heavy atom. The summed E-state index contributed by atoms with van der Waals surface area (Å²) in [7, 11) is 0. The molecule has 2 unspecified atom stereocenters. The highest BCUT2D eigenvalue weighted by atomic mass is 16.3. The summed E-state index contributed by atoms with van der Waals surface area (Å²) < 4.78 is 0. The van der Waals surface area contributed by atoms with E-state index in [4.69, 9.17) is 5.26 Å². The molecule has 1 saturated carbocycles. The van der Waals surface area contributed by atoms with Gasteiger partial charge in [-0.1, -0.05) is 19.8 Å². The summed E-state index contributed by atoms with van der Waals surface area (Å²) in [6, 6.07) is 2.41. The van der Waals surface area contributed by atoms with Crippen LogP contribution in [0.2, 0.25) is 0 Å². The van der Waals surface area contributed by atoms with Crippen molar-refractivity contribution in [3.8, 4) is 6.07 Å². The van der Waals surface area contributed by atoms with E-state index in [0.717, 1.165) is 32.2 Å². The van der Waals surface area contributed by atoms with Crippen molar-refractivity contribution in [2.24, 2.45) is 0 Å². The van der Waals surface area contributed by atoms with Crippen molar-refractivity contribution in [1.29, 1.82) is 5.26 Å². The van der Waals surface area contributed by atoms with Crippen LogP contribution in [0.5, 0.6) is 0 Å². The molecular weight excluding hydrogens is 176 g/mol. The van der Waals surface area contributed by atoms with E-state index < -0.39 is 0 Å². The van der Waals surface area contributed by atoms with Gasteiger partial charge >= 0.3 is 0 Å². The van der Waals surface area contributed by atoms with Crippen LogP contribution in [0.15, 0.2) is 0 Å². The third-order valence-corrected chi connectivity index (χ3v) is 2.95. The van der Waals surface area contributed by atoms with Gasteiger partial charge in [0, 0.05) is 6.04 Å². The van der Waals surface area contributed by atoms with Crippen LogP contribution in [-0.4, -0.2) is 35.2 Å². The highest BCUT2D eigenvalue weighted by Crippen LogP contribution is 2.23. The molecule has 2 atom stereocenters. The topological polar surface area (TPSA) is 47.3 Å². The van der Waals surface area contributed by atoms with Gasteiger partial charge in [-0.2, -0.15) is 5.26 Å². The molecule has 14 heavy (non-hydrogen) atoms. The van der Waals surface area contributed by atoms with Gasteiger partial charge in [-0.15, -0.1) is 0 Å². The van der Waals surface area contributed by atoms with Crippen molar-refractivity contribution in [2.45, 2.75) is 51.2 Å². The number of nitriles is 1. The fourth-order valence-electron chi connectivity index (χ4n) is 2.26. The fraction of sp³-hybridized carbons (Fsp3) is 0.909. The Morgan fingerprint density at radius 3 is 2.71 bits per heavy atom. The Kier molecular flexibility index (Phi) is 4.92. The molecule has 0 heterocycles. The molecule has 0 aromatic rings. The highest BCUT2D eigenvalue weighted by molar-refractivity contribution is 4.87. The van der Waals surface area contributed by atoms with Gasteiger partial charge in [0.1, 0.15) is 0 Å². The second kappa shape index (κ2) is 6.00. The summed E-state index contributed by atoms with van der Waals surface area (Å²) in [5, 5.41) is 18.5. The Bertz CT molecular complexity index is 200. The van der Waals surface area contributed by atoms with Crippen molar-refractivity contribution >= 4 is 0 Å². The number of aliphatic hydroxyl groups is 1. The summed E-state index contributed by atoms with van der Waals surface area (Å²) in [6.07, 6.45) is 5.09. The van der Waals surface area contributed by atoms with Gasteiger partial charge in [0.2, 0.25) is 0 Å². The summed E-state index contributed by atoms with van der Waals surface area (Å²) in [6.45, 7) is 3.49. The fourth-order valence-corrected chi connectivity index (χ4v) is 2.26. The maximum atomic E-state index is 9.84. The zero-order valence-corrected chi connectivity index (χ0v) is 8.95. The predicted octanol–water partition coefficient (Wildman–Crippen LogP) is 1.53.